The van der Waals surface area contributed by atoms with Gasteiger partial charge in [0.15, 0.2) is 0 Å². The molecule has 17 heavy (non-hydrogen) atoms. The molecule has 2 aliphatic heterocycles. The van der Waals surface area contributed by atoms with Crippen molar-refractivity contribution in [2.75, 3.05) is 18.1 Å². The molecular formula is C13H14ClIN2. The van der Waals surface area contributed by atoms with E-state index in [-0.39, 0.29) is 0 Å². The molecule has 90 valence electrons. The molecule has 0 spiro atoms. The molecule has 0 N–H and O–H groups in total. The van der Waals surface area contributed by atoms with Crippen LogP contribution in [0.1, 0.15) is 19.3 Å². The second-order valence-electron chi connectivity index (χ2n) is 4.47. The molecule has 1 aromatic carbocycles. The van der Waals surface area contributed by atoms with Crippen LogP contribution in [0.25, 0.3) is 0 Å². The van der Waals surface area contributed by atoms with E-state index in [0.29, 0.717) is 0 Å². The number of anilines is 1. The molecule has 0 amide bonds. The van der Waals surface area contributed by atoms with Crippen LogP contribution in [0.4, 0.5) is 5.69 Å². The molecule has 2 heterocycles. The topological polar surface area (TPSA) is 6.48 Å². The van der Waals surface area contributed by atoms with E-state index in [1.54, 1.807) is 0 Å². The average molecular weight is 361 g/mol. The zero-order valence-corrected chi connectivity index (χ0v) is 12.4. The highest BCUT2D eigenvalue weighted by Gasteiger charge is 2.30. The number of nitrogens with zero attached hydrogens (tertiary/aromatic N) is 2. The van der Waals surface area contributed by atoms with Gasteiger partial charge < -0.3 is 0 Å². The largest absolute Gasteiger partial charge is 0.288 e. The van der Waals surface area contributed by atoms with E-state index in [1.165, 1.54) is 34.2 Å². The zero-order valence-electron chi connectivity index (χ0n) is 9.50. The summed E-state index contributed by atoms with van der Waals surface area (Å²) in [6.45, 7) is 2.13. The lowest BCUT2D eigenvalue weighted by molar-refractivity contribution is 0.294. The normalized spacial score (nSPS) is 19.9. The molecule has 0 aromatic heterocycles. The summed E-state index contributed by atoms with van der Waals surface area (Å²) < 4.78 is 1.47. The fraction of sp³-hybridized carbons (Fsp3) is 0.385. The fourth-order valence-corrected chi connectivity index (χ4v) is 3.59. The molecule has 1 fully saturated rings. The highest BCUT2D eigenvalue weighted by Crippen LogP contribution is 2.37. The Hall–Kier alpha value is -0.420. The first-order valence-corrected chi connectivity index (χ1v) is 7.39. The van der Waals surface area contributed by atoms with Crippen molar-refractivity contribution >= 4 is 39.9 Å². The molecular weight excluding hydrogens is 347 g/mol. The smallest absolute Gasteiger partial charge is 0.0721 e. The maximum absolute atomic E-state index is 6.07. The number of hydrogen-bond donors (Lipinski definition) is 0. The minimum Gasteiger partial charge on any atom is -0.288 e. The predicted octanol–water partition coefficient (Wildman–Crippen LogP) is 4.21. The standard InChI is InChI=1S/C13H14ClIN2/c14-10-4-3-5-11(8-10)17-9-12(15)13-6-1-2-7-16(13)17/h3-5,8H,1-2,6-7,9H2. The number of fused-ring (bicyclic) bond motifs is 1. The lowest BCUT2D eigenvalue weighted by atomic mass is 10.1. The van der Waals surface area contributed by atoms with E-state index >= 15 is 0 Å². The number of halogens is 2. The predicted molar refractivity (Wildman–Crippen MR) is 80.4 cm³/mol. The Morgan fingerprint density at radius 3 is 2.88 bits per heavy atom. The van der Waals surface area contributed by atoms with Gasteiger partial charge in [-0.2, -0.15) is 0 Å². The molecule has 3 rings (SSSR count). The second-order valence-corrected chi connectivity index (χ2v) is 6.21. The summed E-state index contributed by atoms with van der Waals surface area (Å²) in [7, 11) is 0. The van der Waals surface area contributed by atoms with Crippen LogP contribution < -0.4 is 5.01 Å². The first-order chi connectivity index (χ1) is 8.25. The SMILES string of the molecule is Clc1cccc(N2CC(I)=C3CCCCN32)c1. The number of rotatable bonds is 1. The monoisotopic (exact) mass is 360 g/mol. The van der Waals surface area contributed by atoms with Crippen LogP contribution in [0.2, 0.25) is 5.02 Å². The summed E-state index contributed by atoms with van der Waals surface area (Å²) in [5.41, 5.74) is 2.71. The Labute approximate surface area is 120 Å². The van der Waals surface area contributed by atoms with Gasteiger partial charge in [0.05, 0.1) is 12.2 Å². The van der Waals surface area contributed by atoms with Gasteiger partial charge in [-0.15, -0.1) is 0 Å². The molecule has 0 bridgehead atoms. The highest BCUT2D eigenvalue weighted by molar-refractivity contribution is 14.1. The third kappa shape index (κ3) is 2.15. The van der Waals surface area contributed by atoms with Crippen molar-refractivity contribution in [2.45, 2.75) is 19.3 Å². The van der Waals surface area contributed by atoms with Gasteiger partial charge in [0.1, 0.15) is 0 Å². The summed E-state index contributed by atoms with van der Waals surface area (Å²) in [5.74, 6) is 0. The fourth-order valence-electron chi connectivity index (χ4n) is 2.54. The molecule has 1 aromatic rings. The number of hydrogen-bond acceptors (Lipinski definition) is 2. The number of allylic oxidation sites excluding steroid dienone is 1. The van der Waals surface area contributed by atoms with Crippen LogP contribution >= 0.6 is 34.2 Å². The van der Waals surface area contributed by atoms with Crippen molar-refractivity contribution in [3.63, 3.8) is 0 Å². The summed E-state index contributed by atoms with van der Waals surface area (Å²) in [5, 5.41) is 5.59. The van der Waals surface area contributed by atoms with Crippen LogP contribution in [0.3, 0.4) is 0 Å². The van der Waals surface area contributed by atoms with Crippen LogP contribution in [0, 0.1) is 0 Å². The van der Waals surface area contributed by atoms with Crippen LogP contribution in [-0.4, -0.2) is 18.1 Å². The summed E-state index contributed by atoms with van der Waals surface area (Å²) >= 11 is 8.55. The third-order valence-electron chi connectivity index (χ3n) is 3.34. The van der Waals surface area contributed by atoms with Crippen molar-refractivity contribution in [1.82, 2.24) is 5.01 Å². The van der Waals surface area contributed by atoms with Gasteiger partial charge in [0, 0.05) is 20.8 Å². The number of benzene rings is 1. The molecule has 0 unspecified atom stereocenters. The van der Waals surface area contributed by atoms with Crippen molar-refractivity contribution < 1.29 is 0 Å². The van der Waals surface area contributed by atoms with Gasteiger partial charge in [-0.05, 0) is 60.1 Å². The highest BCUT2D eigenvalue weighted by atomic mass is 127. The maximum Gasteiger partial charge on any atom is 0.0721 e. The molecule has 0 saturated carbocycles. The molecule has 2 nitrogen and oxygen atoms in total. The van der Waals surface area contributed by atoms with E-state index in [2.05, 4.69) is 38.7 Å². The molecule has 4 heteroatoms. The van der Waals surface area contributed by atoms with E-state index in [0.717, 1.165) is 18.1 Å². The first-order valence-electron chi connectivity index (χ1n) is 5.94. The van der Waals surface area contributed by atoms with Crippen LogP contribution in [0.15, 0.2) is 33.5 Å². The van der Waals surface area contributed by atoms with E-state index in [4.69, 9.17) is 11.6 Å². The lowest BCUT2D eigenvalue weighted by Gasteiger charge is -2.36. The van der Waals surface area contributed by atoms with Gasteiger partial charge in [0.25, 0.3) is 0 Å². The van der Waals surface area contributed by atoms with Crippen molar-refractivity contribution in [3.8, 4) is 0 Å². The Morgan fingerprint density at radius 1 is 1.18 bits per heavy atom. The Morgan fingerprint density at radius 2 is 2.06 bits per heavy atom. The van der Waals surface area contributed by atoms with Crippen molar-refractivity contribution in [2.24, 2.45) is 0 Å². The molecule has 0 aliphatic carbocycles. The quantitative estimate of drug-likeness (QED) is 0.692. The van der Waals surface area contributed by atoms with E-state index in [1.807, 2.05) is 18.2 Å². The minimum absolute atomic E-state index is 0.808. The number of hydrazine groups is 1. The Bertz CT molecular complexity index is 472. The minimum atomic E-state index is 0.808. The number of piperidine rings is 1. The molecule has 1 saturated heterocycles. The van der Waals surface area contributed by atoms with Crippen LogP contribution in [0.5, 0.6) is 0 Å². The first kappa shape index (κ1) is 11.7. The van der Waals surface area contributed by atoms with Gasteiger partial charge in [-0.3, -0.25) is 10.0 Å². The summed E-state index contributed by atoms with van der Waals surface area (Å²) in [4.78, 5) is 0. The van der Waals surface area contributed by atoms with Gasteiger partial charge >= 0.3 is 0 Å². The maximum atomic E-state index is 6.07. The molecule has 0 radical (unpaired) electrons. The van der Waals surface area contributed by atoms with Crippen molar-refractivity contribution in [3.05, 3.63) is 38.6 Å². The Kier molecular flexibility index (Phi) is 3.21. The van der Waals surface area contributed by atoms with E-state index in [9.17, 15) is 0 Å². The zero-order chi connectivity index (χ0) is 11.8. The molecule has 2 aliphatic rings. The summed E-state index contributed by atoms with van der Waals surface area (Å²) in [6.07, 6.45) is 3.82. The van der Waals surface area contributed by atoms with Crippen molar-refractivity contribution in [1.29, 1.82) is 0 Å². The van der Waals surface area contributed by atoms with Crippen LogP contribution in [-0.2, 0) is 0 Å². The second kappa shape index (κ2) is 4.69. The Balaban J connectivity index is 1.91. The van der Waals surface area contributed by atoms with Gasteiger partial charge in [-0.1, -0.05) is 17.7 Å². The summed E-state index contributed by atoms with van der Waals surface area (Å²) in [6, 6.07) is 8.12. The lowest BCUT2D eigenvalue weighted by Crippen LogP contribution is -2.39. The molecule has 0 atom stereocenters. The average Bonchev–Trinajstić information content (AvgIpc) is 2.68. The van der Waals surface area contributed by atoms with Gasteiger partial charge in [-0.25, -0.2) is 0 Å². The van der Waals surface area contributed by atoms with E-state index < -0.39 is 0 Å². The third-order valence-corrected chi connectivity index (χ3v) is 4.54. The van der Waals surface area contributed by atoms with Gasteiger partial charge in [0.2, 0.25) is 0 Å².